The first kappa shape index (κ1) is 16.2. The van der Waals surface area contributed by atoms with Crippen LogP contribution in [-0.2, 0) is 0 Å². The van der Waals surface area contributed by atoms with E-state index in [0.29, 0.717) is 5.69 Å². The van der Waals surface area contributed by atoms with E-state index in [9.17, 15) is 4.79 Å². The highest BCUT2D eigenvalue weighted by Gasteiger charge is 2.44. The van der Waals surface area contributed by atoms with Gasteiger partial charge in [0, 0.05) is 42.7 Å². The molecule has 27 heavy (non-hydrogen) atoms. The molecule has 0 saturated carbocycles. The molecule has 2 aliphatic heterocycles. The molecule has 0 N–H and O–H groups in total. The van der Waals surface area contributed by atoms with Crippen LogP contribution >= 0.6 is 0 Å². The summed E-state index contributed by atoms with van der Waals surface area (Å²) in [5.41, 5.74) is 1.41. The zero-order chi connectivity index (χ0) is 18.2. The Labute approximate surface area is 158 Å². The van der Waals surface area contributed by atoms with Crippen LogP contribution < -0.4 is 4.74 Å². The van der Waals surface area contributed by atoms with E-state index in [-0.39, 0.29) is 24.1 Å². The molecular weight excluding hydrogens is 338 g/mol. The second kappa shape index (κ2) is 6.65. The van der Waals surface area contributed by atoms with E-state index in [1.54, 1.807) is 12.4 Å². The third kappa shape index (κ3) is 3.03. The predicted octanol–water partition coefficient (Wildman–Crippen LogP) is 3.84. The largest absolute Gasteiger partial charge is 0.490 e. The summed E-state index contributed by atoms with van der Waals surface area (Å²) < 4.78 is 6.13. The molecule has 1 amide bonds. The molecule has 2 aromatic heterocycles. The lowest BCUT2D eigenvalue weighted by molar-refractivity contribution is 0.0354. The summed E-state index contributed by atoms with van der Waals surface area (Å²) in [6.45, 7) is 0. The summed E-state index contributed by atoms with van der Waals surface area (Å²) in [6, 6.07) is 16.0. The minimum atomic E-state index is 0.0515. The van der Waals surface area contributed by atoms with Gasteiger partial charge in [-0.2, -0.15) is 0 Å². The Hall–Kier alpha value is -2.95. The lowest BCUT2D eigenvalue weighted by atomic mass is 9.99. The van der Waals surface area contributed by atoms with Gasteiger partial charge in [0.15, 0.2) is 0 Å². The number of amides is 1. The number of nitrogens with zero attached hydrogens (tertiary/aromatic N) is 3. The zero-order valence-corrected chi connectivity index (χ0v) is 15.0. The van der Waals surface area contributed by atoms with Crippen LogP contribution in [0.15, 0.2) is 60.9 Å². The van der Waals surface area contributed by atoms with E-state index in [0.717, 1.165) is 42.3 Å². The summed E-state index contributed by atoms with van der Waals surface area (Å²) in [7, 11) is 0. The maximum absolute atomic E-state index is 13.2. The van der Waals surface area contributed by atoms with Gasteiger partial charge in [0.05, 0.1) is 5.52 Å². The Morgan fingerprint density at radius 2 is 1.70 bits per heavy atom. The van der Waals surface area contributed by atoms with Crippen LogP contribution in [0, 0.1) is 0 Å². The van der Waals surface area contributed by atoms with Crippen LogP contribution in [0.3, 0.4) is 0 Å². The van der Waals surface area contributed by atoms with Crippen molar-refractivity contribution in [3.05, 3.63) is 66.6 Å². The van der Waals surface area contributed by atoms with Crippen molar-refractivity contribution in [3.63, 3.8) is 0 Å². The van der Waals surface area contributed by atoms with E-state index < -0.39 is 0 Å². The number of piperidine rings is 1. The van der Waals surface area contributed by atoms with Gasteiger partial charge < -0.3 is 9.64 Å². The number of benzene rings is 1. The fourth-order valence-electron chi connectivity index (χ4n) is 4.48. The summed E-state index contributed by atoms with van der Waals surface area (Å²) >= 11 is 0. The molecule has 2 atom stereocenters. The summed E-state index contributed by atoms with van der Waals surface area (Å²) in [5.74, 6) is 0.904. The Balaban J connectivity index is 1.34. The van der Waals surface area contributed by atoms with Crippen molar-refractivity contribution in [2.24, 2.45) is 0 Å². The van der Waals surface area contributed by atoms with Crippen molar-refractivity contribution in [1.82, 2.24) is 14.9 Å². The molecule has 2 aliphatic rings. The molecule has 0 spiro atoms. The number of hydrogen-bond donors (Lipinski definition) is 0. The molecule has 5 rings (SSSR count). The van der Waals surface area contributed by atoms with Crippen molar-refractivity contribution >= 4 is 16.8 Å². The number of aromatic nitrogens is 2. The summed E-state index contributed by atoms with van der Waals surface area (Å²) in [5, 5.41) is 1.06. The molecule has 5 heteroatoms. The van der Waals surface area contributed by atoms with Crippen LogP contribution in [0.25, 0.3) is 10.9 Å². The zero-order valence-electron chi connectivity index (χ0n) is 15.0. The molecule has 5 nitrogen and oxygen atoms in total. The van der Waals surface area contributed by atoms with Crippen molar-refractivity contribution in [1.29, 1.82) is 0 Å². The van der Waals surface area contributed by atoms with E-state index in [1.165, 1.54) is 0 Å². The third-order valence-corrected chi connectivity index (χ3v) is 5.69. The minimum absolute atomic E-state index is 0.0515. The average molecular weight is 359 g/mol. The average Bonchev–Trinajstić information content (AvgIpc) is 2.98. The highest BCUT2D eigenvalue weighted by molar-refractivity contribution is 5.95. The molecule has 136 valence electrons. The maximum atomic E-state index is 13.2. The van der Waals surface area contributed by atoms with Crippen molar-refractivity contribution in [2.45, 2.75) is 43.9 Å². The highest BCUT2D eigenvalue weighted by Crippen LogP contribution is 2.38. The number of ether oxygens (including phenoxy) is 1. The summed E-state index contributed by atoms with van der Waals surface area (Å²) in [6.07, 6.45) is 7.47. The van der Waals surface area contributed by atoms with Gasteiger partial charge in [-0.25, -0.2) is 4.98 Å². The normalized spacial score (nSPS) is 24.1. The van der Waals surface area contributed by atoms with Crippen LogP contribution in [0.5, 0.6) is 5.75 Å². The van der Waals surface area contributed by atoms with Gasteiger partial charge in [-0.15, -0.1) is 0 Å². The van der Waals surface area contributed by atoms with Crippen molar-refractivity contribution in [3.8, 4) is 5.75 Å². The van der Waals surface area contributed by atoms with Gasteiger partial charge in [-0.05, 0) is 37.1 Å². The van der Waals surface area contributed by atoms with Crippen LogP contribution in [0.2, 0.25) is 0 Å². The topological polar surface area (TPSA) is 55.3 Å². The lowest BCUT2D eigenvalue weighted by Crippen LogP contribution is -2.49. The van der Waals surface area contributed by atoms with Gasteiger partial charge >= 0.3 is 0 Å². The molecule has 1 aromatic carbocycles. The van der Waals surface area contributed by atoms with Gasteiger partial charge in [0.1, 0.15) is 17.5 Å². The van der Waals surface area contributed by atoms with Gasteiger partial charge in [0.2, 0.25) is 0 Å². The Morgan fingerprint density at radius 1 is 0.963 bits per heavy atom. The van der Waals surface area contributed by atoms with E-state index in [4.69, 9.17) is 4.74 Å². The van der Waals surface area contributed by atoms with Crippen LogP contribution in [0.4, 0.5) is 0 Å². The number of carbonyl (C=O) groups excluding carboxylic acids is 1. The fraction of sp³-hybridized carbons (Fsp3) is 0.318. The fourth-order valence-corrected chi connectivity index (χ4v) is 4.48. The Morgan fingerprint density at radius 3 is 2.48 bits per heavy atom. The van der Waals surface area contributed by atoms with E-state index >= 15 is 0 Å². The monoisotopic (exact) mass is 359 g/mol. The maximum Gasteiger partial charge on any atom is 0.272 e. The number of rotatable bonds is 3. The second-order valence-corrected chi connectivity index (χ2v) is 7.38. The number of hydrogen-bond acceptors (Lipinski definition) is 4. The third-order valence-electron chi connectivity index (χ3n) is 5.69. The molecule has 2 saturated heterocycles. The first-order chi connectivity index (χ1) is 13.3. The number of para-hydroxylation sites is 1. The van der Waals surface area contributed by atoms with Gasteiger partial charge in [0.25, 0.3) is 5.91 Å². The number of pyridine rings is 2. The smallest absolute Gasteiger partial charge is 0.272 e. The minimum Gasteiger partial charge on any atom is -0.490 e. The molecule has 2 bridgehead atoms. The van der Waals surface area contributed by atoms with Crippen LogP contribution in [0.1, 0.15) is 36.2 Å². The Kier molecular flexibility index (Phi) is 4.00. The molecule has 0 radical (unpaired) electrons. The lowest BCUT2D eigenvalue weighted by Gasteiger charge is -2.38. The molecular formula is C22H21N3O2. The second-order valence-electron chi connectivity index (χ2n) is 7.38. The Bertz CT molecular complexity index is 961. The quantitative estimate of drug-likeness (QED) is 0.713. The first-order valence-electron chi connectivity index (χ1n) is 9.53. The molecule has 2 unspecified atom stereocenters. The van der Waals surface area contributed by atoms with E-state index in [2.05, 4.69) is 14.9 Å². The highest BCUT2D eigenvalue weighted by atomic mass is 16.5. The van der Waals surface area contributed by atoms with E-state index in [1.807, 2.05) is 48.5 Å². The molecule has 3 aromatic rings. The van der Waals surface area contributed by atoms with Crippen molar-refractivity contribution in [2.75, 3.05) is 0 Å². The molecule has 2 fully saturated rings. The summed E-state index contributed by atoms with van der Waals surface area (Å²) in [4.78, 5) is 23.9. The number of carbonyl (C=O) groups is 1. The standard InChI is InChI=1S/C22H21N3O2/c26-22(21-8-5-15-3-1-2-4-20(15)24-21)25-16-6-7-17(25)14-19(13-16)27-18-9-11-23-12-10-18/h1-5,8-12,16-17,19H,6-7,13-14H2. The van der Waals surface area contributed by atoms with Gasteiger partial charge in [-0.3, -0.25) is 9.78 Å². The van der Waals surface area contributed by atoms with Crippen molar-refractivity contribution < 1.29 is 9.53 Å². The SMILES string of the molecule is O=C(c1ccc2ccccc2n1)N1C2CCC1CC(Oc1ccncc1)C2. The van der Waals surface area contributed by atoms with Crippen LogP contribution in [-0.4, -0.2) is 39.0 Å². The first-order valence-corrected chi connectivity index (χ1v) is 9.53. The predicted molar refractivity (Wildman–Crippen MR) is 103 cm³/mol. The molecule has 0 aliphatic carbocycles. The number of fused-ring (bicyclic) bond motifs is 3. The molecule has 4 heterocycles. The van der Waals surface area contributed by atoms with Gasteiger partial charge in [-0.1, -0.05) is 24.3 Å².